The molecule has 0 aromatic carbocycles. The number of nitrogens with one attached hydrogen (secondary N) is 2. The summed E-state index contributed by atoms with van der Waals surface area (Å²) in [5, 5.41) is 9.73. The third-order valence-electron chi connectivity index (χ3n) is 5.76. The molecule has 2 amide bonds. The van der Waals surface area contributed by atoms with E-state index < -0.39 is 10.0 Å². The first-order chi connectivity index (χ1) is 13.4. The molecular formula is C19H31N5O4S. The molecule has 2 aliphatic heterocycles. The second-order valence-corrected chi connectivity index (χ2v) is 10.9. The van der Waals surface area contributed by atoms with Gasteiger partial charge in [-0.3, -0.25) is 14.7 Å². The Kier molecular flexibility index (Phi) is 5.79. The van der Waals surface area contributed by atoms with Crippen LogP contribution in [0.4, 0.5) is 0 Å². The van der Waals surface area contributed by atoms with Crippen LogP contribution >= 0.6 is 0 Å². The van der Waals surface area contributed by atoms with Crippen LogP contribution in [0.3, 0.4) is 0 Å². The minimum Gasteiger partial charge on any atom is -0.353 e. The van der Waals surface area contributed by atoms with E-state index in [-0.39, 0.29) is 40.6 Å². The van der Waals surface area contributed by atoms with Crippen LogP contribution < -0.4 is 5.32 Å². The molecule has 0 radical (unpaired) electrons. The molecule has 0 aliphatic carbocycles. The van der Waals surface area contributed by atoms with Crippen molar-refractivity contribution in [1.82, 2.24) is 24.7 Å². The lowest BCUT2D eigenvalue weighted by Gasteiger charge is -2.33. The highest BCUT2D eigenvalue weighted by Crippen LogP contribution is 2.27. The van der Waals surface area contributed by atoms with Gasteiger partial charge in [0, 0.05) is 37.6 Å². The summed E-state index contributed by atoms with van der Waals surface area (Å²) in [5.74, 6) is -0.461. The number of hydrogen-bond donors (Lipinski definition) is 2. The van der Waals surface area contributed by atoms with Crippen molar-refractivity contribution < 1.29 is 18.0 Å². The van der Waals surface area contributed by atoms with Gasteiger partial charge in [0.05, 0.1) is 17.3 Å². The normalized spacial score (nSPS) is 22.3. The summed E-state index contributed by atoms with van der Waals surface area (Å²) >= 11 is 0. The fraction of sp³-hybridized carbons (Fsp3) is 0.737. The van der Waals surface area contributed by atoms with Gasteiger partial charge in [0.15, 0.2) is 0 Å². The minimum atomic E-state index is -3.60. The van der Waals surface area contributed by atoms with Crippen molar-refractivity contribution in [2.24, 2.45) is 5.92 Å². The molecule has 162 valence electrons. The molecule has 2 N–H and O–H groups in total. The predicted molar refractivity (Wildman–Crippen MR) is 108 cm³/mol. The number of aromatic amines is 1. The van der Waals surface area contributed by atoms with Crippen molar-refractivity contribution in [3.63, 3.8) is 0 Å². The molecule has 0 bridgehead atoms. The molecule has 0 saturated carbocycles. The van der Waals surface area contributed by atoms with E-state index in [1.807, 2.05) is 20.8 Å². The molecule has 10 heteroatoms. The van der Waals surface area contributed by atoms with Crippen molar-refractivity contribution >= 4 is 21.8 Å². The van der Waals surface area contributed by atoms with Gasteiger partial charge in [-0.2, -0.15) is 9.40 Å². The van der Waals surface area contributed by atoms with Gasteiger partial charge in [-0.15, -0.1) is 0 Å². The maximum absolute atomic E-state index is 12.9. The number of likely N-dealkylation sites (tertiary alicyclic amines) is 1. The quantitative estimate of drug-likeness (QED) is 0.745. The second kappa shape index (κ2) is 7.71. The third-order valence-corrected chi connectivity index (χ3v) is 7.93. The van der Waals surface area contributed by atoms with Crippen LogP contribution in [0.5, 0.6) is 0 Å². The average molecular weight is 426 g/mol. The lowest BCUT2D eigenvalue weighted by molar-refractivity contribution is -0.132. The summed E-state index contributed by atoms with van der Waals surface area (Å²) in [6.45, 7) is 10.4. The van der Waals surface area contributed by atoms with E-state index in [2.05, 4.69) is 15.5 Å². The Hall–Kier alpha value is -1.94. The first-order valence-electron chi connectivity index (χ1n) is 10.0. The van der Waals surface area contributed by atoms with Crippen LogP contribution in [0, 0.1) is 19.8 Å². The van der Waals surface area contributed by atoms with Gasteiger partial charge in [0.2, 0.25) is 21.8 Å². The van der Waals surface area contributed by atoms with Crippen LogP contribution in [0.1, 0.15) is 51.4 Å². The van der Waals surface area contributed by atoms with E-state index >= 15 is 0 Å². The number of piperidine rings is 1. The van der Waals surface area contributed by atoms with Crippen molar-refractivity contribution in [2.45, 2.75) is 70.4 Å². The van der Waals surface area contributed by atoms with Crippen LogP contribution in [-0.4, -0.2) is 70.8 Å². The molecular weight excluding hydrogens is 394 g/mol. The first kappa shape index (κ1) is 21.8. The molecule has 1 atom stereocenters. The maximum Gasteiger partial charge on any atom is 0.246 e. The van der Waals surface area contributed by atoms with Crippen molar-refractivity contribution in [3.05, 3.63) is 11.4 Å². The van der Waals surface area contributed by atoms with Crippen molar-refractivity contribution in [2.75, 3.05) is 19.6 Å². The number of carbonyl (C=O) groups excluding carboxylic acids is 2. The highest BCUT2D eigenvalue weighted by atomic mass is 32.2. The lowest BCUT2D eigenvalue weighted by Crippen LogP contribution is -2.48. The van der Waals surface area contributed by atoms with E-state index in [9.17, 15) is 18.0 Å². The summed E-state index contributed by atoms with van der Waals surface area (Å²) in [7, 11) is -3.60. The summed E-state index contributed by atoms with van der Waals surface area (Å²) < 4.78 is 27.3. The smallest absolute Gasteiger partial charge is 0.246 e. The van der Waals surface area contributed by atoms with E-state index in [4.69, 9.17) is 0 Å². The second-order valence-electron chi connectivity index (χ2n) is 9.03. The molecule has 1 aromatic rings. The van der Waals surface area contributed by atoms with Crippen LogP contribution in [0.25, 0.3) is 0 Å². The van der Waals surface area contributed by atoms with E-state index in [0.29, 0.717) is 43.9 Å². The van der Waals surface area contributed by atoms with Crippen LogP contribution in [-0.2, 0) is 19.6 Å². The summed E-state index contributed by atoms with van der Waals surface area (Å²) in [5.41, 5.74) is 0.703. The largest absolute Gasteiger partial charge is 0.353 e. The minimum absolute atomic E-state index is 0.00409. The van der Waals surface area contributed by atoms with Gasteiger partial charge >= 0.3 is 0 Å². The lowest BCUT2D eigenvalue weighted by atomic mass is 10.0. The molecule has 3 heterocycles. The summed E-state index contributed by atoms with van der Waals surface area (Å²) in [6, 6.07) is -0.0840. The number of aromatic nitrogens is 2. The molecule has 0 spiro atoms. The summed E-state index contributed by atoms with van der Waals surface area (Å²) in [4.78, 5) is 26.9. The molecule has 2 aliphatic rings. The number of carbonyl (C=O) groups is 2. The highest BCUT2D eigenvalue weighted by molar-refractivity contribution is 7.89. The Morgan fingerprint density at radius 1 is 1.21 bits per heavy atom. The molecule has 9 nitrogen and oxygen atoms in total. The molecule has 2 fully saturated rings. The molecule has 3 rings (SSSR count). The predicted octanol–water partition coefficient (Wildman–Crippen LogP) is 0.943. The van der Waals surface area contributed by atoms with Crippen molar-refractivity contribution in [3.8, 4) is 0 Å². The standard InChI is InChI=1S/C19H31N5O4S/c1-12-17(13(2)22-21-12)29(27,28)23-8-6-15(7-9-23)20-18(26)14-10-16(25)24(11-14)19(3,4)5/h14-15H,6-11H2,1-5H3,(H,20,26)(H,21,22). The zero-order chi connectivity index (χ0) is 21.6. The third kappa shape index (κ3) is 4.32. The average Bonchev–Trinajstić information content (AvgIpc) is 3.18. The van der Waals surface area contributed by atoms with Crippen molar-refractivity contribution in [1.29, 1.82) is 0 Å². The van der Waals surface area contributed by atoms with E-state index in [1.54, 1.807) is 18.7 Å². The SMILES string of the molecule is Cc1n[nH]c(C)c1S(=O)(=O)N1CCC(NC(=O)C2CC(=O)N(C(C)(C)C)C2)CC1. The molecule has 2 saturated heterocycles. The van der Waals surface area contributed by atoms with Gasteiger partial charge in [-0.1, -0.05) is 0 Å². The topological polar surface area (TPSA) is 115 Å². The zero-order valence-electron chi connectivity index (χ0n) is 17.8. The Labute approximate surface area is 172 Å². The Bertz CT molecular complexity index is 875. The highest BCUT2D eigenvalue weighted by Gasteiger charge is 2.40. The van der Waals surface area contributed by atoms with Gasteiger partial charge in [0.25, 0.3) is 0 Å². The fourth-order valence-corrected chi connectivity index (χ4v) is 5.94. The fourth-order valence-electron chi connectivity index (χ4n) is 4.14. The number of H-pyrrole nitrogens is 1. The van der Waals surface area contributed by atoms with E-state index in [1.165, 1.54) is 4.31 Å². The number of hydrogen-bond acceptors (Lipinski definition) is 5. The number of amides is 2. The molecule has 29 heavy (non-hydrogen) atoms. The Morgan fingerprint density at radius 3 is 2.31 bits per heavy atom. The van der Waals surface area contributed by atoms with E-state index in [0.717, 1.165) is 0 Å². The van der Waals surface area contributed by atoms with Gasteiger partial charge < -0.3 is 10.2 Å². The Morgan fingerprint density at radius 2 is 1.83 bits per heavy atom. The summed E-state index contributed by atoms with van der Waals surface area (Å²) in [6.07, 6.45) is 1.32. The first-order valence-corrected chi connectivity index (χ1v) is 11.5. The molecule has 1 unspecified atom stereocenters. The number of nitrogens with zero attached hydrogens (tertiary/aromatic N) is 3. The van der Waals surface area contributed by atoms with Gasteiger partial charge in [-0.25, -0.2) is 8.42 Å². The Balaban J connectivity index is 1.57. The monoisotopic (exact) mass is 425 g/mol. The number of sulfonamides is 1. The molecule has 1 aromatic heterocycles. The number of aryl methyl sites for hydroxylation is 2. The zero-order valence-corrected chi connectivity index (χ0v) is 18.6. The van der Waals surface area contributed by atoms with Gasteiger partial charge in [-0.05, 0) is 47.5 Å². The van der Waals surface area contributed by atoms with Gasteiger partial charge in [0.1, 0.15) is 4.90 Å². The maximum atomic E-state index is 12.9. The number of rotatable bonds is 4. The van der Waals surface area contributed by atoms with Crippen LogP contribution in [0.2, 0.25) is 0 Å². The van der Waals surface area contributed by atoms with Crippen LogP contribution in [0.15, 0.2) is 4.90 Å².